The Morgan fingerprint density at radius 3 is 2.35 bits per heavy atom. The number of aliphatic hydroxyl groups is 1. The van der Waals surface area contributed by atoms with Crippen LogP contribution in [0.3, 0.4) is 0 Å². The molecule has 1 saturated heterocycles. The Morgan fingerprint density at radius 2 is 1.78 bits per heavy atom. The minimum Gasteiger partial charge on any atom is -0.448 e. The third kappa shape index (κ3) is 5.62. The highest BCUT2D eigenvalue weighted by atomic mass is 32.2. The number of aliphatic hydroxyl groups excluding tert-OH is 1. The predicted octanol–water partition coefficient (Wildman–Crippen LogP) is 1.66. The number of β-lactam (4-membered cyclic amide) rings is 1. The molecular weight excluding hydrogens is 498 g/mol. The number of thioether (sulfide) groups is 1. The van der Waals surface area contributed by atoms with Gasteiger partial charge in [0.25, 0.3) is 5.91 Å². The lowest BCUT2D eigenvalue weighted by Crippen LogP contribution is -2.69. The maximum Gasteiger partial charge on any atom is 0.409 e. The molecule has 0 spiro atoms. The van der Waals surface area contributed by atoms with Gasteiger partial charge in [0.05, 0.1) is 6.61 Å². The second kappa shape index (κ2) is 11.9. The smallest absolute Gasteiger partial charge is 0.409 e. The molecule has 37 heavy (non-hydrogen) atoms. The van der Waals surface area contributed by atoms with Gasteiger partial charge < -0.3 is 24.8 Å². The molecule has 0 saturated carbocycles. The van der Waals surface area contributed by atoms with Crippen molar-refractivity contribution in [3.63, 3.8) is 0 Å². The fraction of sp³-hybridized carbons (Fsp3) is 0.308. The van der Waals surface area contributed by atoms with E-state index in [0.717, 1.165) is 11.1 Å². The predicted molar refractivity (Wildman–Crippen MR) is 135 cm³/mol. The van der Waals surface area contributed by atoms with E-state index in [4.69, 9.17) is 14.6 Å². The summed E-state index contributed by atoms with van der Waals surface area (Å²) in [5.41, 5.74) is 1.92. The van der Waals surface area contributed by atoms with Crippen LogP contribution in [-0.4, -0.2) is 83.3 Å². The Labute approximate surface area is 218 Å². The molecule has 2 N–H and O–H groups in total. The first-order valence-electron chi connectivity index (χ1n) is 11.6. The highest BCUT2D eigenvalue weighted by molar-refractivity contribution is 8.00. The summed E-state index contributed by atoms with van der Waals surface area (Å²) in [6.45, 7) is -0.379. The van der Waals surface area contributed by atoms with Crippen LogP contribution in [0.1, 0.15) is 17.2 Å². The monoisotopic (exact) mass is 525 g/mol. The number of likely N-dealkylation sites (N-methyl/N-ethyl adjacent to an activating group) is 1. The number of amides is 3. The number of benzene rings is 2. The van der Waals surface area contributed by atoms with Crippen molar-refractivity contribution in [2.45, 2.75) is 17.5 Å². The third-order valence-electron chi connectivity index (χ3n) is 6.03. The van der Waals surface area contributed by atoms with Gasteiger partial charge in [-0.3, -0.25) is 14.5 Å². The summed E-state index contributed by atoms with van der Waals surface area (Å²) in [6.07, 6.45) is -0.962. The summed E-state index contributed by atoms with van der Waals surface area (Å²) < 4.78 is 11.4. The zero-order valence-corrected chi connectivity index (χ0v) is 20.9. The highest BCUT2D eigenvalue weighted by Gasteiger charge is 2.54. The summed E-state index contributed by atoms with van der Waals surface area (Å²) >= 11 is 1.35. The van der Waals surface area contributed by atoms with Gasteiger partial charge in [-0.1, -0.05) is 60.7 Å². The normalized spacial score (nSPS) is 18.6. The first-order chi connectivity index (χ1) is 18.0. The molecule has 0 radical (unpaired) electrons. The summed E-state index contributed by atoms with van der Waals surface area (Å²) in [5.74, 6) is -0.905. The fourth-order valence-corrected chi connectivity index (χ4v) is 5.46. The number of hydrogen-bond donors (Lipinski definition) is 2. The lowest BCUT2D eigenvalue weighted by Gasteiger charge is -2.49. The summed E-state index contributed by atoms with van der Waals surface area (Å²) in [6, 6.07) is 17.7. The van der Waals surface area contributed by atoms with E-state index < -0.39 is 35.5 Å². The van der Waals surface area contributed by atoms with Gasteiger partial charge in [0.2, 0.25) is 6.41 Å². The largest absolute Gasteiger partial charge is 0.448 e. The Hall–Kier alpha value is -3.83. The zero-order valence-electron chi connectivity index (χ0n) is 20.1. The van der Waals surface area contributed by atoms with E-state index in [-0.39, 0.29) is 31.2 Å². The van der Waals surface area contributed by atoms with Gasteiger partial charge in [0, 0.05) is 24.9 Å². The minimum absolute atomic E-state index is 0.00664. The number of carbonyl (C=O) groups is 4. The Kier molecular flexibility index (Phi) is 8.47. The quantitative estimate of drug-likeness (QED) is 0.273. The van der Waals surface area contributed by atoms with Crippen LogP contribution >= 0.6 is 11.8 Å². The first-order valence-corrected chi connectivity index (χ1v) is 12.7. The number of rotatable bonds is 10. The van der Waals surface area contributed by atoms with E-state index in [9.17, 15) is 19.2 Å². The van der Waals surface area contributed by atoms with Crippen LogP contribution in [0.15, 0.2) is 71.9 Å². The van der Waals surface area contributed by atoms with Crippen molar-refractivity contribution in [1.29, 1.82) is 0 Å². The molecule has 2 atom stereocenters. The van der Waals surface area contributed by atoms with Crippen LogP contribution in [0.4, 0.5) is 4.79 Å². The van der Waals surface area contributed by atoms with Gasteiger partial charge in [-0.05, 0) is 11.1 Å². The Bertz CT molecular complexity index is 1140. The van der Waals surface area contributed by atoms with Crippen LogP contribution in [0.2, 0.25) is 0 Å². The van der Waals surface area contributed by atoms with Gasteiger partial charge >= 0.3 is 12.1 Å². The van der Waals surface area contributed by atoms with Crippen molar-refractivity contribution in [2.24, 2.45) is 0 Å². The SMILES string of the molecule is CN(CCO)C(=O)OCC1=C(C(=O)OC(c2ccccc2)c2ccccc2)N2C(=O)[C@@H](NC=O)[C@H]2SC1. The average Bonchev–Trinajstić information content (AvgIpc) is 2.93. The lowest BCUT2D eigenvalue weighted by molar-refractivity contribution is -0.154. The van der Waals surface area contributed by atoms with E-state index in [1.165, 1.54) is 28.6 Å². The number of nitrogens with zero attached hydrogens (tertiary/aromatic N) is 2. The van der Waals surface area contributed by atoms with Gasteiger partial charge in [0.1, 0.15) is 23.7 Å². The average molecular weight is 526 g/mol. The highest BCUT2D eigenvalue weighted by Crippen LogP contribution is 2.41. The van der Waals surface area contributed by atoms with Crippen molar-refractivity contribution in [3.8, 4) is 0 Å². The maximum atomic E-state index is 13.7. The van der Waals surface area contributed by atoms with E-state index in [1.54, 1.807) is 0 Å². The molecule has 1 fully saturated rings. The summed E-state index contributed by atoms with van der Waals surface area (Å²) in [5, 5.41) is 11.1. The maximum absolute atomic E-state index is 13.7. The molecule has 194 valence electrons. The van der Waals surface area contributed by atoms with Crippen LogP contribution in [-0.2, 0) is 23.9 Å². The topological polar surface area (TPSA) is 125 Å². The molecule has 2 heterocycles. The second-order valence-electron chi connectivity index (χ2n) is 8.43. The number of ether oxygens (including phenoxy) is 2. The summed E-state index contributed by atoms with van der Waals surface area (Å²) in [7, 11) is 1.48. The summed E-state index contributed by atoms with van der Waals surface area (Å²) in [4.78, 5) is 52.4. The molecular formula is C26H27N3O7S. The number of carbonyl (C=O) groups excluding carboxylic acids is 4. The fourth-order valence-electron chi connectivity index (χ4n) is 4.12. The number of hydrogen-bond acceptors (Lipinski definition) is 8. The molecule has 2 aromatic rings. The third-order valence-corrected chi connectivity index (χ3v) is 7.37. The standard InChI is InChI=1S/C26H27N3O7S/c1-28(12-13-30)26(34)35-14-19-15-37-24-20(27-16-31)23(32)29(24)21(19)25(33)36-22(17-8-4-2-5-9-17)18-10-6-3-7-11-18/h2-11,16,20,22,24,30H,12-15H2,1H3,(H,27,31)/t20-,24-/m1/s1. The van der Waals surface area contributed by atoms with Crippen LogP contribution in [0.25, 0.3) is 0 Å². The van der Waals surface area contributed by atoms with E-state index in [0.29, 0.717) is 12.0 Å². The molecule has 0 unspecified atom stereocenters. The lowest BCUT2D eigenvalue weighted by atomic mass is 10.0. The molecule has 2 aliphatic rings. The van der Waals surface area contributed by atoms with Crippen LogP contribution in [0.5, 0.6) is 0 Å². The van der Waals surface area contributed by atoms with Crippen molar-refractivity contribution >= 4 is 36.1 Å². The van der Waals surface area contributed by atoms with E-state index in [2.05, 4.69) is 5.32 Å². The van der Waals surface area contributed by atoms with E-state index >= 15 is 0 Å². The molecule has 0 aliphatic carbocycles. The van der Waals surface area contributed by atoms with E-state index in [1.807, 2.05) is 60.7 Å². The minimum atomic E-state index is -0.760. The Balaban J connectivity index is 1.64. The van der Waals surface area contributed by atoms with Gasteiger partial charge in [-0.15, -0.1) is 11.8 Å². The second-order valence-corrected chi connectivity index (χ2v) is 9.54. The van der Waals surface area contributed by atoms with Crippen LogP contribution < -0.4 is 5.32 Å². The molecule has 0 aromatic heterocycles. The van der Waals surface area contributed by atoms with Gasteiger partial charge in [-0.25, -0.2) is 9.59 Å². The number of nitrogens with one attached hydrogen (secondary N) is 1. The molecule has 4 rings (SSSR count). The number of esters is 1. The van der Waals surface area contributed by atoms with Crippen molar-refractivity contribution in [3.05, 3.63) is 83.1 Å². The zero-order chi connectivity index (χ0) is 26.4. The molecule has 10 nitrogen and oxygen atoms in total. The van der Waals surface area contributed by atoms with Gasteiger partial charge in [-0.2, -0.15) is 0 Å². The molecule has 2 aliphatic heterocycles. The van der Waals surface area contributed by atoms with Gasteiger partial charge in [0.15, 0.2) is 6.10 Å². The first kappa shape index (κ1) is 26.2. The molecule has 2 aromatic carbocycles. The molecule has 11 heteroatoms. The Morgan fingerprint density at radius 1 is 1.16 bits per heavy atom. The molecule has 3 amide bonds. The number of fused-ring (bicyclic) bond motifs is 1. The van der Waals surface area contributed by atoms with Crippen molar-refractivity contribution in [2.75, 3.05) is 32.6 Å². The van der Waals surface area contributed by atoms with Crippen molar-refractivity contribution < 1.29 is 33.8 Å². The van der Waals surface area contributed by atoms with Crippen molar-refractivity contribution in [1.82, 2.24) is 15.1 Å². The molecule has 0 bridgehead atoms. The van der Waals surface area contributed by atoms with Crippen LogP contribution in [0, 0.1) is 0 Å².